The Morgan fingerprint density at radius 2 is 1.83 bits per heavy atom. The van der Waals surface area contributed by atoms with E-state index in [9.17, 15) is 22.0 Å². The van der Waals surface area contributed by atoms with Crippen molar-refractivity contribution in [3.63, 3.8) is 0 Å². The van der Waals surface area contributed by atoms with Crippen molar-refractivity contribution in [1.29, 1.82) is 0 Å². The molecule has 1 aliphatic heterocycles. The smallest absolute Gasteiger partial charge is 0.339 e. The lowest BCUT2D eigenvalue weighted by molar-refractivity contribution is 0.0750. The lowest BCUT2D eigenvalue weighted by atomic mass is 10.2. The van der Waals surface area contributed by atoms with Gasteiger partial charge in [-0.1, -0.05) is 6.07 Å². The highest BCUT2D eigenvalue weighted by Gasteiger charge is 2.40. The molecule has 1 aliphatic rings. The summed E-state index contributed by atoms with van der Waals surface area (Å²) in [6.45, 7) is 1.43. The minimum Gasteiger partial charge on any atom is -0.487 e. The maximum atomic E-state index is 13.7. The van der Waals surface area contributed by atoms with Crippen LogP contribution < -0.4 is 10.4 Å². The maximum Gasteiger partial charge on any atom is 0.339 e. The molecule has 1 saturated heterocycles. The molecular formula is C15H13F2NO5S. The van der Waals surface area contributed by atoms with Crippen LogP contribution in [0.25, 0.3) is 0 Å². The first-order chi connectivity index (χ1) is 11.3. The molecule has 1 aromatic carbocycles. The number of ether oxygens (including phenoxy) is 1. The summed E-state index contributed by atoms with van der Waals surface area (Å²) >= 11 is 0. The number of benzene rings is 1. The minimum absolute atomic E-state index is 0.0740. The largest absolute Gasteiger partial charge is 0.487 e. The van der Waals surface area contributed by atoms with Crippen molar-refractivity contribution in [2.75, 3.05) is 13.1 Å². The Morgan fingerprint density at radius 1 is 1.21 bits per heavy atom. The van der Waals surface area contributed by atoms with Gasteiger partial charge in [0.2, 0.25) is 10.0 Å². The highest BCUT2D eigenvalue weighted by molar-refractivity contribution is 7.89. The Hall–Kier alpha value is -2.26. The van der Waals surface area contributed by atoms with Crippen LogP contribution in [0.2, 0.25) is 0 Å². The Labute approximate surface area is 136 Å². The van der Waals surface area contributed by atoms with Gasteiger partial charge in [-0.15, -0.1) is 0 Å². The molecule has 24 heavy (non-hydrogen) atoms. The van der Waals surface area contributed by atoms with Gasteiger partial charge in [-0.3, -0.25) is 0 Å². The second-order valence-electron chi connectivity index (χ2n) is 5.34. The molecule has 0 radical (unpaired) electrons. The van der Waals surface area contributed by atoms with Crippen LogP contribution in [0.1, 0.15) is 5.76 Å². The molecule has 0 amide bonds. The maximum absolute atomic E-state index is 13.7. The Bertz CT molecular complexity index is 915. The first kappa shape index (κ1) is 16.6. The summed E-state index contributed by atoms with van der Waals surface area (Å²) in [6.07, 6.45) is -0.518. The van der Waals surface area contributed by atoms with Crippen molar-refractivity contribution in [2.24, 2.45) is 0 Å². The average molecular weight is 357 g/mol. The van der Waals surface area contributed by atoms with Crippen LogP contribution in [-0.4, -0.2) is 31.9 Å². The van der Waals surface area contributed by atoms with E-state index >= 15 is 0 Å². The zero-order valence-electron chi connectivity index (χ0n) is 12.5. The minimum atomic E-state index is -4.28. The zero-order chi connectivity index (χ0) is 17.5. The number of rotatable bonds is 4. The van der Waals surface area contributed by atoms with Crippen LogP contribution in [0.3, 0.4) is 0 Å². The number of hydrogen-bond acceptors (Lipinski definition) is 5. The van der Waals surface area contributed by atoms with Gasteiger partial charge in [-0.05, 0) is 19.1 Å². The summed E-state index contributed by atoms with van der Waals surface area (Å²) in [4.78, 5) is 10.3. The quantitative estimate of drug-likeness (QED) is 0.832. The molecule has 0 bridgehead atoms. The molecule has 0 N–H and O–H groups in total. The van der Waals surface area contributed by atoms with Gasteiger partial charge >= 0.3 is 5.63 Å². The monoisotopic (exact) mass is 357 g/mol. The molecule has 6 nitrogen and oxygen atoms in total. The molecule has 128 valence electrons. The summed E-state index contributed by atoms with van der Waals surface area (Å²) in [5, 5.41) is 0. The SMILES string of the molecule is Cc1cc(OC2CN(S(=O)(=O)c3c(F)cccc3F)C2)cc(=O)o1. The average Bonchev–Trinajstić information content (AvgIpc) is 2.40. The van der Waals surface area contributed by atoms with E-state index < -0.39 is 38.3 Å². The van der Waals surface area contributed by atoms with E-state index in [1.165, 1.54) is 6.07 Å². The predicted octanol–water partition coefficient (Wildman–Crippen LogP) is 1.68. The molecule has 1 fully saturated rings. The van der Waals surface area contributed by atoms with E-state index in [0.717, 1.165) is 28.6 Å². The van der Waals surface area contributed by atoms with Crippen LogP contribution in [0.4, 0.5) is 8.78 Å². The number of halogens is 2. The highest BCUT2D eigenvalue weighted by Crippen LogP contribution is 2.27. The first-order valence-electron chi connectivity index (χ1n) is 7.00. The van der Waals surface area contributed by atoms with Crippen molar-refractivity contribution in [2.45, 2.75) is 17.9 Å². The third kappa shape index (κ3) is 3.04. The molecule has 9 heteroatoms. The standard InChI is InChI=1S/C15H13F2NO5S/c1-9-5-10(6-14(19)22-9)23-11-7-18(8-11)24(20,21)15-12(16)3-2-4-13(15)17/h2-6,11H,7-8H2,1H3. The summed E-state index contributed by atoms with van der Waals surface area (Å²) in [6, 6.07) is 5.50. The van der Waals surface area contributed by atoms with Gasteiger partial charge in [0.05, 0.1) is 19.2 Å². The molecule has 2 heterocycles. The number of nitrogens with zero attached hydrogens (tertiary/aromatic N) is 1. The fourth-order valence-corrected chi connectivity index (χ4v) is 3.98. The fraction of sp³-hybridized carbons (Fsp3) is 0.267. The Kier molecular flexibility index (Phi) is 4.14. The third-order valence-corrected chi connectivity index (χ3v) is 5.39. The lowest BCUT2D eigenvalue weighted by Gasteiger charge is -2.37. The van der Waals surface area contributed by atoms with Gasteiger partial charge in [0, 0.05) is 6.07 Å². The van der Waals surface area contributed by atoms with E-state index in [1.807, 2.05) is 0 Å². The molecule has 3 rings (SSSR count). The van der Waals surface area contributed by atoms with Crippen molar-refractivity contribution in [3.8, 4) is 5.75 Å². The predicted molar refractivity (Wildman–Crippen MR) is 79.2 cm³/mol. The molecular weight excluding hydrogens is 344 g/mol. The molecule has 0 atom stereocenters. The third-order valence-electron chi connectivity index (χ3n) is 3.50. The molecule has 0 spiro atoms. The number of hydrogen-bond donors (Lipinski definition) is 0. The van der Waals surface area contributed by atoms with Crippen LogP contribution >= 0.6 is 0 Å². The Balaban J connectivity index is 1.73. The molecule has 2 aromatic rings. The van der Waals surface area contributed by atoms with E-state index in [4.69, 9.17) is 9.15 Å². The zero-order valence-corrected chi connectivity index (χ0v) is 13.3. The second kappa shape index (κ2) is 5.99. The molecule has 0 saturated carbocycles. The van der Waals surface area contributed by atoms with Crippen LogP contribution in [0.5, 0.6) is 5.75 Å². The van der Waals surface area contributed by atoms with Crippen molar-refractivity contribution in [1.82, 2.24) is 4.31 Å². The van der Waals surface area contributed by atoms with E-state index in [1.54, 1.807) is 6.92 Å². The summed E-state index contributed by atoms with van der Waals surface area (Å²) in [5.41, 5.74) is -0.581. The fourth-order valence-electron chi connectivity index (χ4n) is 2.37. The summed E-state index contributed by atoms with van der Waals surface area (Å²) in [5.74, 6) is -1.68. The number of sulfonamides is 1. The summed E-state index contributed by atoms with van der Waals surface area (Å²) in [7, 11) is -4.28. The van der Waals surface area contributed by atoms with Crippen molar-refractivity contribution < 1.29 is 26.4 Å². The van der Waals surface area contributed by atoms with Crippen LogP contribution in [-0.2, 0) is 10.0 Å². The van der Waals surface area contributed by atoms with Gasteiger partial charge in [0.15, 0.2) is 4.90 Å². The van der Waals surface area contributed by atoms with Crippen molar-refractivity contribution in [3.05, 3.63) is 58.1 Å². The molecule has 0 aliphatic carbocycles. The molecule has 0 unspecified atom stereocenters. The normalized spacial score (nSPS) is 16.0. The number of aryl methyl sites for hydroxylation is 1. The Morgan fingerprint density at radius 3 is 2.42 bits per heavy atom. The summed E-state index contributed by atoms with van der Waals surface area (Å²) < 4.78 is 63.1. The van der Waals surface area contributed by atoms with Gasteiger partial charge in [0.25, 0.3) is 0 Å². The van der Waals surface area contributed by atoms with Gasteiger partial charge in [-0.2, -0.15) is 4.31 Å². The van der Waals surface area contributed by atoms with E-state index in [2.05, 4.69) is 0 Å². The first-order valence-corrected chi connectivity index (χ1v) is 8.44. The molecule has 1 aromatic heterocycles. The van der Waals surface area contributed by atoms with Crippen LogP contribution in [0.15, 0.2) is 44.4 Å². The van der Waals surface area contributed by atoms with E-state index in [0.29, 0.717) is 5.76 Å². The van der Waals surface area contributed by atoms with Crippen LogP contribution in [0, 0.1) is 18.6 Å². The highest BCUT2D eigenvalue weighted by atomic mass is 32.2. The van der Waals surface area contributed by atoms with E-state index in [-0.39, 0.29) is 18.8 Å². The van der Waals surface area contributed by atoms with Gasteiger partial charge in [0.1, 0.15) is 29.2 Å². The second-order valence-corrected chi connectivity index (χ2v) is 7.21. The topological polar surface area (TPSA) is 76.8 Å². The van der Waals surface area contributed by atoms with Gasteiger partial charge < -0.3 is 9.15 Å². The van der Waals surface area contributed by atoms with Crippen molar-refractivity contribution >= 4 is 10.0 Å². The van der Waals surface area contributed by atoms with Gasteiger partial charge in [-0.25, -0.2) is 22.0 Å². The lowest BCUT2D eigenvalue weighted by Crippen LogP contribution is -2.56.